The summed E-state index contributed by atoms with van der Waals surface area (Å²) in [6.07, 6.45) is 0. The number of aromatic nitrogens is 2. The lowest BCUT2D eigenvalue weighted by molar-refractivity contribution is -0.137. The van der Waals surface area contributed by atoms with E-state index in [1.54, 1.807) is 6.07 Å². The highest BCUT2D eigenvalue weighted by Crippen LogP contribution is 2.30. The van der Waals surface area contributed by atoms with E-state index in [0.29, 0.717) is 62.1 Å². The van der Waals surface area contributed by atoms with Crippen LogP contribution in [0.15, 0.2) is 53.1 Å². The Bertz CT molecular complexity index is 1210. The van der Waals surface area contributed by atoms with Crippen LogP contribution in [0.25, 0.3) is 11.5 Å². The van der Waals surface area contributed by atoms with Crippen LogP contribution in [-0.2, 0) is 4.79 Å². The topological polar surface area (TPSA) is 109 Å². The number of carbonyl (C=O) groups is 2. The van der Waals surface area contributed by atoms with Gasteiger partial charge in [0.25, 0.3) is 11.8 Å². The van der Waals surface area contributed by atoms with Crippen LogP contribution in [0.4, 0.5) is 5.69 Å². The zero-order valence-corrected chi connectivity index (χ0v) is 22.1. The summed E-state index contributed by atoms with van der Waals surface area (Å²) in [5, 5.41) is 4.02. The number of benzene rings is 2. The fourth-order valence-corrected chi connectivity index (χ4v) is 4.80. The molecule has 37 heavy (non-hydrogen) atoms. The highest BCUT2D eigenvalue weighted by molar-refractivity contribution is 6.00. The average molecular weight is 505 g/mol. The molecule has 1 aromatic heterocycles. The van der Waals surface area contributed by atoms with Crippen LogP contribution in [0.5, 0.6) is 0 Å². The summed E-state index contributed by atoms with van der Waals surface area (Å²) in [5.74, 6) is 0.720. The second kappa shape index (κ2) is 11.6. The van der Waals surface area contributed by atoms with Gasteiger partial charge < -0.3 is 20.1 Å². The van der Waals surface area contributed by atoms with Gasteiger partial charge in [0.1, 0.15) is 6.04 Å². The Morgan fingerprint density at radius 2 is 1.70 bits per heavy atom. The molecule has 0 saturated carbocycles. The number of rotatable bonds is 9. The van der Waals surface area contributed by atoms with Crippen LogP contribution >= 0.6 is 0 Å². The molecule has 0 aliphatic carbocycles. The molecule has 1 atom stereocenters. The molecular weight excluding hydrogens is 468 g/mol. The van der Waals surface area contributed by atoms with Crippen molar-refractivity contribution in [3.8, 4) is 11.5 Å². The predicted octanol–water partition coefficient (Wildman–Crippen LogP) is 3.69. The molecule has 1 saturated heterocycles. The molecule has 0 bridgehead atoms. The molecule has 1 unspecified atom stereocenters. The molecule has 4 rings (SSSR count). The molecule has 9 nitrogen and oxygen atoms in total. The number of primary amides is 1. The van der Waals surface area contributed by atoms with Crippen LogP contribution in [0.3, 0.4) is 0 Å². The van der Waals surface area contributed by atoms with Crippen LogP contribution in [0, 0.1) is 0 Å². The lowest BCUT2D eigenvalue weighted by Crippen LogP contribution is -2.52. The molecule has 0 spiro atoms. The average Bonchev–Trinajstić information content (AvgIpc) is 3.41. The summed E-state index contributed by atoms with van der Waals surface area (Å²) < 4.78 is 5.41. The molecule has 2 amide bonds. The van der Waals surface area contributed by atoms with E-state index in [1.165, 1.54) is 0 Å². The SMILES string of the molecule is CCN(CC)C(=O)C(c1ccccc1)N1CCN(c2ccc(-c3nc(C(C)C)no3)cc2C(N)=O)CC1. The molecule has 2 heterocycles. The normalized spacial score (nSPS) is 15.1. The fraction of sp³-hybridized carbons (Fsp3) is 0.429. The number of anilines is 1. The first-order valence-corrected chi connectivity index (χ1v) is 12.9. The number of amides is 2. The number of piperazine rings is 1. The first-order valence-electron chi connectivity index (χ1n) is 12.9. The van der Waals surface area contributed by atoms with E-state index < -0.39 is 5.91 Å². The number of hydrogen-bond donors (Lipinski definition) is 1. The number of hydrogen-bond acceptors (Lipinski definition) is 7. The van der Waals surface area contributed by atoms with Gasteiger partial charge in [0, 0.05) is 56.4 Å². The van der Waals surface area contributed by atoms with Crippen molar-refractivity contribution < 1.29 is 14.1 Å². The van der Waals surface area contributed by atoms with Gasteiger partial charge in [-0.3, -0.25) is 14.5 Å². The van der Waals surface area contributed by atoms with Crippen molar-refractivity contribution in [1.82, 2.24) is 19.9 Å². The van der Waals surface area contributed by atoms with E-state index in [-0.39, 0.29) is 17.9 Å². The number of nitrogens with two attached hydrogens (primary N) is 1. The van der Waals surface area contributed by atoms with Gasteiger partial charge in [0.15, 0.2) is 5.82 Å². The lowest BCUT2D eigenvalue weighted by atomic mass is 10.0. The first-order chi connectivity index (χ1) is 17.8. The van der Waals surface area contributed by atoms with Gasteiger partial charge in [-0.2, -0.15) is 4.98 Å². The van der Waals surface area contributed by atoms with Gasteiger partial charge in [-0.15, -0.1) is 0 Å². The van der Waals surface area contributed by atoms with Crippen molar-refractivity contribution >= 4 is 17.5 Å². The van der Waals surface area contributed by atoms with Gasteiger partial charge in [0.2, 0.25) is 5.91 Å². The lowest BCUT2D eigenvalue weighted by Gasteiger charge is -2.41. The Hall–Kier alpha value is -3.72. The van der Waals surface area contributed by atoms with E-state index in [4.69, 9.17) is 10.3 Å². The van der Waals surface area contributed by atoms with Crippen molar-refractivity contribution in [2.45, 2.75) is 39.7 Å². The minimum absolute atomic E-state index is 0.118. The maximum Gasteiger partial charge on any atom is 0.257 e. The standard InChI is InChI=1S/C28H36N6O3/c1-5-32(6-2)28(36)24(20-10-8-7-9-11-20)34-16-14-33(15-17-34)23-13-12-21(18-22(23)25(29)35)27-30-26(19(3)4)31-37-27/h7-13,18-19,24H,5-6,14-17H2,1-4H3,(H2,29,35). The zero-order valence-electron chi connectivity index (χ0n) is 22.1. The monoisotopic (exact) mass is 504 g/mol. The Balaban J connectivity index is 1.55. The van der Waals surface area contributed by atoms with Gasteiger partial charge >= 0.3 is 0 Å². The smallest absolute Gasteiger partial charge is 0.257 e. The molecule has 2 N–H and O–H groups in total. The maximum atomic E-state index is 13.5. The van der Waals surface area contributed by atoms with Gasteiger partial charge in [-0.05, 0) is 37.6 Å². The van der Waals surface area contributed by atoms with Crippen molar-refractivity contribution in [3.63, 3.8) is 0 Å². The van der Waals surface area contributed by atoms with E-state index >= 15 is 0 Å². The number of carbonyl (C=O) groups excluding carboxylic acids is 2. The quantitative estimate of drug-likeness (QED) is 0.473. The van der Waals surface area contributed by atoms with E-state index in [0.717, 1.165) is 11.3 Å². The van der Waals surface area contributed by atoms with Crippen molar-refractivity contribution in [2.75, 3.05) is 44.2 Å². The molecule has 9 heteroatoms. The molecule has 1 aliphatic heterocycles. The summed E-state index contributed by atoms with van der Waals surface area (Å²) in [5.41, 5.74) is 8.62. The summed E-state index contributed by atoms with van der Waals surface area (Å²) >= 11 is 0. The van der Waals surface area contributed by atoms with Gasteiger partial charge in [-0.1, -0.05) is 49.3 Å². The minimum Gasteiger partial charge on any atom is -0.368 e. The third-order valence-corrected chi connectivity index (χ3v) is 6.91. The maximum absolute atomic E-state index is 13.5. The zero-order chi connectivity index (χ0) is 26.5. The van der Waals surface area contributed by atoms with Crippen molar-refractivity contribution in [2.24, 2.45) is 5.73 Å². The Labute approximate surface area is 218 Å². The Morgan fingerprint density at radius 1 is 1.03 bits per heavy atom. The number of nitrogens with zero attached hydrogens (tertiary/aromatic N) is 5. The summed E-state index contributed by atoms with van der Waals surface area (Å²) in [7, 11) is 0. The summed E-state index contributed by atoms with van der Waals surface area (Å²) in [4.78, 5) is 36.6. The summed E-state index contributed by atoms with van der Waals surface area (Å²) in [6, 6.07) is 15.1. The van der Waals surface area contributed by atoms with Crippen LogP contribution < -0.4 is 10.6 Å². The largest absolute Gasteiger partial charge is 0.368 e. The van der Waals surface area contributed by atoms with E-state index in [2.05, 4.69) is 19.9 Å². The minimum atomic E-state index is -0.512. The molecular formula is C28H36N6O3. The van der Waals surface area contributed by atoms with Gasteiger partial charge in [0.05, 0.1) is 5.56 Å². The molecule has 3 aromatic rings. The third-order valence-electron chi connectivity index (χ3n) is 6.91. The number of likely N-dealkylation sites (N-methyl/N-ethyl adjacent to an activating group) is 1. The molecule has 196 valence electrons. The second-order valence-electron chi connectivity index (χ2n) is 9.56. The van der Waals surface area contributed by atoms with Crippen molar-refractivity contribution in [1.29, 1.82) is 0 Å². The second-order valence-corrected chi connectivity index (χ2v) is 9.56. The van der Waals surface area contributed by atoms with Gasteiger partial charge in [-0.25, -0.2) is 0 Å². The first kappa shape index (κ1) is 26.3. The molecule has 1 aliphatic rings. The van der Waals surface area contributed by atoms with Crippen molar-refractivity contribution in [3.05, 3.63) is 65.5 Å². The molecule has 1 fully saturated rings. The van der Waals surface area contributed by atoms with E-state index in [1.807, 2.05) is 75.1 Å². The summed E-state index contributed by atoms with van der Waals surface area (Å²) in [6.45, 7) is 12.0. The van der Waals surface area contributed by atoms with Crippen LogP contribution in [-0.4, -0.2) is 71.0 Å². The highest BCUT2D eigenvalue weighted by Gasteiger charge is 2.33. The van der Waals surface area contributed by atoms with Crippen LogP contribution in [0.1, 0.15) is 61.4 Å². The Kier molecular flexibility index (Phi) is 8.23. The fourth-order valence-electron chi connectivity index (χ4n) is 4.80. The van der Waals surface area contributed by atoms with E-state index in [9.17, 15) is 9.59 Å². The molecule has 0 radical (unpaired) electrons. The third kappa shape index (κ3) is 5.67. The molecule has 2 aromatic carbocycles. The Morgan fingerprint density at radius 3 is 2.27 bits per heavy atom. The highest BCUT2D eigenvalue weighted by atomic mass is 16.5. The predicted molar refractivity (Wildman–Crippen MR) is 143 cm³/mol. The van der Waals surface area contributed by atoms with Crippen LogP contribution in [0.2, 0.25) is 0 Å².